The van der Waals surface area contributed by atoms with Crippen LogP contribution in [0.1, 0.15) is 22.8 Å². The molecule has 0 atom stereocenters. The number of hydrogen-bond acceptors (Lipinski definition) is 1. The SMILES string of the molecule is CC(=O)c1ccc(F)c(C)c1Cl. The maximum atomic E-state index is 12.8. The fourth-order valence-corrected chi connectivity index (χ4v) is 1.22. The van der Waals surface area contributed by atoms with E-state index in [1.807, 2.05) is 0 Å². The van der Waals surface area contributed by atoms with Gasteiger partial charge in [0.2, 0.25) is 0 Å². The summed E-state index contributed by atoms with van der Waals surface area (Å²) in [4.78, 5) is 10.9. The first-order valence-electron chi connectivity index (χ1n) is 3.49. The van der Waals surface area contributed by atoms with Crippen LogP contribution in [-0.2, 0) is 0 Å². The highest BCUT2D eigenvalue weighted by Crippen LogP contribution is 2.23. The van der Waals surface area contributed by atoms with Crippen LogP contribution >= 0.6 is 11.6 Å². The molecule has 0 saturated heterocycles. The van der Waals surface area contributed by atoms with Crippen LogP contribution in [0, 0.1) is 12.7 Å². The molecule has 0 bridgehead atoms. The second kappa shape index (κ2) is 3.23. The lowest BCUT2D eigenvalue weighted by Gasteiger charge is -2.03. The van der Waals surface area contributed by atoms with E-state index in [9.17, 15) is 9.18 Å². The van der Waals surface area contributed by atoms with Gasteiger partial charge in [0.05, 0.1) is 5.02 Å². The molecule has 0 spiro atoms. The Labute approximate surface area is 75.2 Å². The summed E-state index contributed by atoms with van der Waals surface area (Å²) in [5.41, 5.74) is 0.694. The summed E-state index contributed by atoms with van der Waals surface area (Å²) in [6, 6.07) is 2.64. The van der Waals surface area contributed by atoms with E-state index in [4.69, 9.17) is 11.6 Å². The first-order chi connectivity index (χ1) is 5.54. The van der Waals surface area contributed by atoms with Gasteiger partial charge in [-0.05, 0) is 26.0 Å². The Morgan fingerprint density at radius 3 is 2.58 bits per heavy atom. The molecule has 1 nitrogen and oxygen atoms in total. The number of Topliss-reactive ketones (excluding diaryl/α,β-unsaturated/α-hetero) is 1. The lowest BCUT2D eigenvalue weighted by Crippen LogP contribution is -1.96. The van der Waals surface area contributed by atoms with E-state index >= 15 is 0 Å². The smallest absolute Gasteiger partial charge is 0.161 e. The molecule has 64 valence electrons. The predicted molar refractivity (Wildman–Crippen MR) is 46.2 cm³/mol. The summed E-state index contributed by atoms with van der Waals surface area (Å²) in [7, 11) is 0. The van der Waals surface area contributed by atoms with Crippen LogP contribution in [0.4, 0.5) is 4.39 Å². The predicted octanol–water partition coefficient (Wildman–Crippen LogP) is 2.99. The molecule has 1 aromatic carbocycles. The van der Waals surface area contributed by atoms with E-state index in [-0.39, 0.29) is 16.6 Å². The van der Waals surface area contributed by atoms with Crippen molar-refractivity contribution in [3.8, 4) is 0 Å². The van der Waals surface area contributed by atoms with E-state index in [1.165, 1.54) is 19.1 Å². The zero-order valence-electron chi connectivity index (χ0n) is 6.82. The Morgan fingerprint density at radius 1 is 1.50 bits per heavy atom. The van der Waals surface area contributed by atoms with Gasteiger partial charge < -0.3 is 0 Å². The second-order valence-electron chi connectivity index (χ2n) is 2.59. The molecule has 0 radical (unpaired) electrons. The third-order valence-corrected chi connectivity index (χ3v) is 2.19. The molecular formula is C9H8ClFO. The molecule has 0 aliphatic heterocycles. The van der Waals surface area contributed by atoms with Crippen LogP contribution < -0.4 is 0 Å². The first-order valence-corrected chi connectivity index (χ1v) is 3.87. The number of carbonyl (C=O) groups excluding carboxylic acids is 1. The van der Waals surface area contributed by atoms with Gasteiger partial charge in [-0.25, -0.2) is 4.39 Å². The number of ketones is 1. The molecule has 0 saturated carbocycles. The zero-order chi connectivity index (χ0) is 9.30. The molecule has 0 heterocycles. The van der Waals surface area contributed by atoms with Gasteiger partial charge in [0, 0.05) is 11.1 Å². The highest BCUT2D eigenvalue weighted by Gasteiger charge is 2.10. The molecule has 0 aliphatic carbocycles. The molecule has 0 amide bonds. The maximum absolute atomic E-state index is 12.8. The molecule has 0 aromatic heterocycles. The van der Waals surface area contributed by atoms with Crippen molar-refractivity contribution >= 4 is 17.4 Å². The Hall–Kier alpha value is -0.890. The van der Waals surface area contributed by atoms with E-state index in [1.54, 1.807) is 6.92 Å². The first kappa shape index (κ1) is 9.20. The molecule has 3 heteroatoms. The minimum atomic E-state index is -0.384. The average molecular weight is 187 g/mol. The minimum absolute atomic E-state index is 0.150. The number of rotatable bonds is 1. The van der Waals surface area contributed by atoms with Crippen LogP contribution in [0.3, 0.4) is 0 Å². The van der Waals surface area contributed by atoms with Gasteiger partial charge in [-0.15, -0.1) is 0 Å². The number of carbonyl (C=O) groups is 1. The van der Waals surface area contributed by atoms with Gasteiger partial charge in [-0.1, -0.05) is 11.6 Å². The van der Waals surface area contributed by atoms with Crippen molar-refractivity contribution in [2.75, 3.05) is 0 Å². The van der Waals surface area contributed by atoms with Crippen LogP contribution in [0.25, 0.3) is 0 Å². The summed E-state index contributed by atoms with van der Waals surface area (Å²) in [5, 5.41) is 0.211. The lowest BCUT2D eigenvalue weighted by molar-refractivity contribution is 0.101. The van der Waals surface area contributed by atoms with Crippen molar-refractivity contribution in [1.29, 1.82) is 0 Å². The largest absolute Gasteiger partial charge is 0.294 e. The second-order valence-corrected chi connectivity index (χ2v) is 2.97. The van der Waals surface area contributed by atoms with Crippen molar-refractivity contribution in [2.45, 2.75) is 13.8 Å². The normalized spacial score (nSPS) is 10.0. The van der Waals surface area contributed by atoms with E-state index < -0.39 is 0 Å². The number of benzene rings is 1. The van der Waals surface area contributed by atoms with Gasteiger partial charge in [-0.2, -0.15) is 0 Å². The highest BCUT2D eigenvalue weighted by molar-refractivity contribution is 6.34. The Bertz CT molecular complexity index is 334. The number of halogens is 2. The molecule has 1 aromatic rings. The van der Waals surface area contributed by atoms with Gasteiger partial charge >= 0.3 is 0 Å². The van der Waals surface area contributed by atoms with Crippen molar-refractivity contribution in [2.24, 2.45) is 0 Å². The summed E-state index contributed by atoms with van der Waals surface area (Å²) in [6.07, 6.45) is 0. The van der Waals surface area contributed by atoms with Crippen LogP contribution in [0.5, 0.6) is 0 Å². The van der Waals surface area contributed by atoms with E-state index in [0.717, 1.165) is 0 Å². The Balaban J connectivity index is 3.36. The van der Waals surface area contributed by atoms with Crippen LogP contribution in [-0.4, -0.2) is 5.78 Å². The van der Waals surface area contributed by atoms with Crippen LogP contribution in [0.2, 0.25) is 5.02 Å². The van der Waals surface area contributed by atoms with Gasteiger partial charge in [0.1, 0.15) is 5.82 Å². The molecule has 0 unspecified atom stereocenters. The average Bonchev–Trinajstić information content (AvgIpc) is 2.00. The minimum Gasteiger partial charge on any atom is -0.294 e. The van der Waals surface area contributed by atoms with Crippen molar-refractivity contribution in [1.82, 2.24) is 0 Å². The quantitative estimate of drug-likeness (QED) is 0.617. The van der Waals surface area contributed by atoms with Gasteiger partial charge in [-0.3, -0.25) is 4.79 Å². The third-order valence-electron chi connectivity index (χ3n) is 1.70. The highest BCUT2D eigenvalue weighted by atomic mass is 35.5. The Kier molecular flexibility index (Phi) is 2.48. The monoisotopic (exact) mass is 186 g/mol. The third kappa shape index (κ3) is 1.48. The molecule has 1 rings (SSSR count). The fourth-order valence-electron chi connectivity index (χ4n) is 0.933. The summed E-state index contributed by atoms with van der Waals surface area (Å²) >= 11 is 5.73. The molecule has 0 fully saturated rings. The standard InChI is InChI=1S/C9H8ClFO/c1-5-8(11)4-3-7(6(2)12)9(5)10/h3-4H,1-2H3. The Morgan fingerprint density at radius 2 is 2.08 bits per heavy atom. The molecular weight excluding hydrogens is 179 g/mol. The molecule has 0 aliphatic rings. The van der Waals surface area contributed by atoms with Crippen molar-refractivity contribution in [3.63, 3.8) is 0 Å². The van der Waals surface area contributed by atoms with Gasteiger partial charge in [0.25, 0.3) is 0 Å². The van der Waals surface area contributed by atoms with E-state index in [2.05, 4.69) is 0 Å². The van der Waals surface area contributed by atoms with Crippen molar-refractivity contribution < 1.29 is 9.18 Å². The topological polar surface area (TPSA) is 17.1 Å². The molecule has 0 N–H and O–H groups in total. The van der Waals surface area contributed by atoms with Crippen LogP contribution in [0.15, 0.2) is 12.1 Å². The van der Waals surface area contributed by atoms with E-state index in [0.29, 0.717) is 11.1 Å². The maximum Gasteiger partial charge on any atom is 0.161 e. The lowest BCUT2D eigenvalue weighted by atomic mass is 10.1. The molecule has 12 heavy (non-hydrogen) atoms. The summed E-state index contributed by atoms with van der Waals surface area (Å²) < 4.78 is 12.8. The summed E-state index contributed by atoms with van der Waals surface area (Å²) in [5.74, 6) is -0.534. The number of hydrogen-bond donors (Lipinski definition) is 0. The summed E-state index contributed by atoms with van der Waals surface area (Å²) in [6.45, 7) is 2.95. The fraction of sp³-hybridized carbons (Fsp3) is 0.222. The van der Waals surface area contributed by atoms with Crippen molar-refractivity contribution in [3.05, 3.63) is 34.1 Å². The zero-order valence-corrected chi connectivity index (χ0v) is 7.57. The van der Waals surface area contributed by atoms with Gasteiger partial charge in [0.15, 0.2) is 5.78 Å².